The lowest BCUT2D eigenvalue weighted by atomic mass is 10.1. The first-order valence-corrected chi connectivity index (χ1v) is 5.90. The van der Waals surface area contributed by atoms with Crippen LogP contribution in [0.5, 0.6) is 0 Å². The molecule has 0 bridgehead atoms. The van der Waals surface area contributed by atoms with Crippen molar-refractivity contribution in [2.75, 3.05) is 20.3 Å². The highest BCUT2D eigenvalue weighted by molar-refractivity contribution is 5.78. The third-order valence-corrected chi connectivity index (χ3v) is 2.52. The SMILES string of the molecule is COCC(O)CCNC(=O)Cc1ccc(F)cc1F. The molecule has 6 heteroatoms. The van der Waals surface area contributed by atoms with Crippen molar-refractivity contribution in [1.82, 2.24) is 5.32 Å². The Hall–Kier alpha value is -1.53. The first kappa shape index (κ1) is 15.5. The standard InChI is InChI=1S/C13H17F2NO3/c1-19-8-11(17)4-5-16-13(18)6-9-2-3-10(14)7-12(9)15/h2-3,7,11,17H,4-6,8H2,1H3,(H,16,18). The average molecular weight is 273 g/mol. The Bertz CT molecular complexity index is 426. The summed E-state index contributed by atoms with van der Waals surface area (Å²) in [5.41, 5.74) is 0.135. The fourth-order valence-electron chi connectivity index (χ4n) is 1.55. The number of methoxy groups -OCH3 is 1. The summed E-state index contributed by atoms with van der Waals surface area (Å²) in [5, 5.41) is 11.9. The first-order valence-electron chi connectivity index (χ1n) is 5.90. The summed E-state index contributed by atoms with van der Waals surface area (Å²) < 4.78 is 30.7. The summed E-state index contributed by atoms with van der Waals surface area (Å²) >= 11 is 0. The van der Waals surface area contributed by atoms with Crippen LogP contribution >= 0.6 is 0 Å². The number of hydrogen-bond donors (Lipinski definition) is 2. The number of aliphatic hydroxyl groups is 1. The van der Waals surface area contributed by atoms with Gasteiger partial charge in [-0.1, -0.05) is 6.07 Å². The minimum Gasteiger partial charge on any atom is -0.391 e. The Kier molecular flexibility index (Phi) is 6.38. The van der Waals surface area contributed by atoms with Crippen LogP contribution in [0.1, 0.15) is 12.0 Å². The van der Waals surface area contributed by atoms with Gasteiger partial charge >= 0.3 is 0 Å². The van der Waals surface area contributed by atoms with Gasteiger partial charge < -0.3 is 15.2 Å². The van der Waals surface area contributed by atoms with Crippen LogP contribution in [0, 0.1) is 11.6 Å². The Morgan fingerprint density at radius 1 is 1.47 bits per heavy atom. The van der Waals surface area contributed by atoms with Crippen molar-refractivity contribution >= 4 is 5.91 Å². The zero-order valence-corrected chi connectivity index (χ0v) is 10.7. The second-order valence-electron chi connectivity index (χ2n) is 4.16. The Labute approximate surface area is 110 Å². The van der Waals surface area contributed by atoms with Crippen molar-refractivity contribution in [1.29, 1.82) is 0 Å². The Morgan fingerprint density at radius 2 is 2.21 bits per heavy atom. The summed E-state index contributed by atoms with van der Waals surface area (Å²) in [6.45, 7) is 0.467. The lowest BCUT2D eigenvalue weighted by Crippen LogP contribution is -2.29. The molecule has 1 aromatic rings. The zero-order chi connectivity index (χ0) is 14.3. The van der Waals surface area contributed by atoms with E-state index < -0.39 is 17.7 Å². The molecule has 0 heterocycles. The number of amides is 1. The molecule has 1 amide bonds. The molecule has 2 N–H and O–H groups in total. The van der Waals surface area contributed by atoms with Crippen LogP contribution in [0.3, 0.4) is 0 Å². The van der Waals surface area contributed by atoms with Gasteiger partial charge in [-0.05, 0) is 18.1 Å². The second kappa shape index (κ2) is 7.81. The monoisotopic (exact) mass is 273 g/mol. The lowest BCUT2D eigenvalue weighted by Gasteiger charge is -2.10. The second-order valence-corrected chi connectivity index (χ2v) is 4.16. The van der Waals surface area contributed by atoms with Gasteiger partial charge in [0, 0.05) is 19.7 Å². The molecule has 1 rings (SSSR count). The molecule has 1 atom stereocenters. The number of nitrogens with one attached hydrogen (secondary N) is 1. The number of hydrogen-bond acceptors (Lipinski definition) is 3. The maximum atomic E-state index is 13.3. The third-order valence-electron chi connectivity index (χ3n) is 2.52. The van der Waals surface area contributed by atoms with E-state index in [2.05, 4.69) is 5.32 Å². The number of carbonyl (C=O) groups is 1. The highest BCUT2D eigenvalue weighted by Crippen LogP contribution is 2.10. The number of benzene rings is 1. The van der Waals surface area contributed by atoms with E-state index in [4.69, 9.17) is 4.74 Å². The largest absolute Gasteiger partial charge is 0.391 e. The molecule has 0 spiro atoms. The average Bonchev–Trinajstić information content (AvgIpc) is 2.33. The molecule has 106 valence electrons. The molecule has 0 saturated heterocycles. The van der Waals surface area contributed by atoms with Gasteiger partial charge in [0.15, 0.2) is 0 Å². The number of aliphatic hydroxyl groups excluding tert-OH is 1. The molecule has 1 unspecified atom stereocenters. The van der Waals surface area contributed by atoms with E-state index in [1.54, 1.807) is 0 Å². The smallest absolute Gasteiger partial charge is 0.224 e. The van der Waals surface area contributed by atoms with Gasteiger partial charge in [0.1, 0.15) is 11.6 Å². The van der Waals surface area contributed by atoms with E-state index in [0.29, 0.717) is 6.42 Å². The van der Waals surface area contributed by atoms with Gasteiger partial charge in [-0.2, -0.15) is 0 Å². The Balaban J connectivity index is 2.35. The summed E-state index contributed by atoms with van der Waals surface area (Å²) in [6, 6.07) is 3.09. The van der Waals surface area contributed by atoms with E-state index >= 15 is 0 Å². The summed E-state index contributed by atoms with van der Waals surface area (Å²) in [6.07, 6.45) is -0.453. The molecule has 19 heavy (non-hydrogen) atoms. The highest BCUT2D eigenvalue weighted by Gasteiger charge is 2.10. The predicted octanol–water partition coefficient (Wildman–Crippen LogP) is 1.02. The van der Waals surface area contributed by atoms with Crippen LogP contribution in [0.2, 0.25) is 0 Å². The molecular formula is C13H17F2NO3. The van der Waals surface area contributed by atoms with Gasteiger partial charge in [0.2, 0.25) is 5.91 Å². The van der Waals surface area contributed by atoms with E-state index in [1.165, 1.54) is 13.2 Å². The van der Waals surface area contributed by atoms with Gasteiger partial charge in [0.05, 0.1) is 19.1 Å². The van der Waals surface area contributed by atoms with Gasteiger partial charge in [-0.3, -0.25) is 4.79 Å². The number of rotatable bonds is 7. The maximum absolute atomic E-state index is 13.3. The third kappa shape index (κ3) is 5.76. The number of carbonyl (C=O) groups excluding carboxylic acids is 1. The van der Waals surface area contributed by atoms with E-state index in [0.717, 1.165) is 12.1 Å². The van der Waals surface area contributed by atoms with Crippen molar-refractivity contribution in [2.24, 2.45) is 0 Å². The molecular weight excluding hydrogens is 256 g/mol. The summed E-state index contributed by atoms with van der Waals surface area (Å²) in [5.74, 6) is -1.80. The number of halogens is 2. The minimum absolute atomic E-state index is 0.135. The fourth-order valence-corrected chi connectivity index (χ4v) is 1.55. The molecule has 0 aliphatic heterocycles. The lowest BCUT2D eigenvalue weighted by molar-refractivity contribution is -0.120. The Morgan fingerprint density at radius 3 is 2.84 bits per heavy atom. The molecule has 0 aliphatic rings. The predicted molar refractivity (Wildman–Crippen MR) is 65.6 cm³/mol. The van der Waals surface area contributed by atoms with Gasteiger partial charge in [0.25, 0.3) is 0 Å². The zero-order valence-electron chi connectivity index (χ0n) is 10.7. The number of ether oxygens (including phenoxy) is 1. The van der Waals surface area contributed by atoms with Crippen molar-refractivity contribution in [3.63, 3.8) is 0 Å². The quantitative estimate of drug-likeness (QED) is 0.780. The molecule has 0 fully saturated rings. The van der Waals surface area contributed by atoms with Crippen molar-refractivity contribution in [3.05, 3.63) is 35.4 Å². The molecule has 1 aromatic carbocycles. The highest BCUT2D eigenvalue weighted by atomic mass is 19.1. The normalized spacial score (nSPS) is 12.2. The fraction of sp³-hybridized carbons (Fsp3) is 0.462. The van der Waals surface area contributed by atoms with Crippen molar-refractivity contribution in [3.8, 4) is 0 Å². The molecule has 0 saturated carbocycles. The van der Waals surface area contributed by atoms with E-state index in [1.807, 2.05) is 0 Å². The summed E-state index contributed by atoms with van der Waals surface area (Å²) in [7, 11) is 1.47. The van der Waals surface area contributed by atoms with Gasteiger partial charge in [-0.25, -0.2) is 8.78 Å². The van der Waals surface area contributed by atoms with Crippen LogP contribution in [-0.4, -0.2) is 37.4 Å². The van der Waals surface area contributed by atoms with Crippen molar-refractivity contribution < 1.29 is 23.4 Å². The van der Waals surface area contributed by atoms with Crippen LogP contribution in [0.15, 0.2) is 18.2 Å². The van der Waals surface area contributed by atoms with Crippen LogP contribution < -0.4 is 5.32 Å². The van der Waals surface area contributed by atoms with Crippen molar-refractivity contribution in [2.45, 2.75) is 18.9 Å². The molecule has 0 radical (unpaired) electrons. The van der Waals surface area contributed by atoms with Crippen LogP contribution in [0.25, 0.3) is 0 Å². The van der Waals surface area contributed by atoms with E-state index in [-0.39, 0.29) is 31.0 Å². The van der Waals surface area contributed by atoms with Crippen LogP contribution in [-0.2, 0) is 16.0 Å². The van der Waals surface area contributed by atoms with Gasteiger partial charge in [-0.15, -0.1) is 0 Å². The molecule has 0 aromatic heterocycles. The molecule has 4 nitrogen and oxygen atoms in total. The molecule has 0 aliphatic carbocycles. The summed E-state index contributed by atoms with van der Waals surface area (Å²) in [4.78, 5) is 11.5. The maximum Gasteiger partial charge on any atom is 0.224 e. The first-order chi connectivity index (χ1) is 9.02. The van der Waals surface area contributed by atoms with Crippen LogP contribution in [0.4, 0.5) is 8.78 Å². The van der Waals surface area contributed by atoms with E-state index in [9.17, 15) is 18.7 Å². The topological polar surface area (TPSA) is 58.6 Å². The minimum atomic E-state index is -0.741.